The fraction of sp³-hybridized carbons (Fsp3) is 0.286. The number of fused-ring (bicyclic) bond motifs is 1. The van der Waals surface area contributed by atoms with Gasteiger partial charge in [-0.3, -0.25) is 24.3 Å². The van der Waals surface area contributed by atoms with Gasteiger partial charge in [0.1, 0.15) is 36.2 Å². The summed E-state index contributed by atoms with van der Waals surface area (Å²) in [4.78, 5) is 62.9. The number of carbonyl (C=O) groups excluding carboxylic acids is 3. The lowest BCUT2D eigenvalue weighted by Gasteiger charge is -2.36. The molecule has 1 fully saturated rings. The monoisotopic (exact) mass is 689 g/mol. The molecule has 11 nitrogen and oxygen atoms in total. The topological polar surface area (TPSA) is 144 Å². The molecule has 2 atom stereocenters. The molecule has 3 heterocycles. The average molecular weight is 691 g/mol. The predicted molar refractivity (Wildman–Crippen MR) is 182 cm³/mol. The largest absolute Gasteiger partial charge is 0.487 e. The van der Waals surface area contributed by atoms with Crippen LogP contribution in [0.5, 0.6) is 5.75 Å². The van der Waals surface area contributed by atoms with Crippen LogP contribution < -0.4 is 10.1 Å². The van der Waals surface area contributed by atoms with Crippen LogP contribution in [0.2, 0.25) is 10.0 Å². The average Bonchev–Trinajstić information content (AvgIpc) is 3.61. The van der Waals surface area contributed by atoms with Crippen molar-refractivity contribution >= 4 is 63.6 Å². The maximum absolute atomic E-state index is 14.7. The second-order valence-electron chi connectivity index (χ2n) is 12.7. The van der Waals surface area contributed by atoms with Crippen molar-refractivity contribution in [2.75, 3.05) is 19.6 Å². The fourth-order valence-electron chi connectivity index (χ4n) is 6.03. The Morgan fingerprint density at radius 3 is 2.44 bits per heavy atom. The van der Waals surface area contributed by atoms with Crippen LogP contribution in [0.4, 0.5) is 4.79 Å². The highest BCUT2D eigenvalue weighted by molar-refractivity contribution is 6.31. The number of hydrogen-bond donors (Lipinski definition) is 3. The van der Waals surface area contributed by atoms with Crippen molar-refractivity contribution in [3.8, 4) is 5.75 Å². The first-order valence-electron chi connectivity index (χ1n) is 15.3. The van der Waals surface area contributed by atoms with Crippen molar-refractivity contribution in [3.05, 3.63) is 99.2 Å². The molecule has 1 aromatic heterocycles. The van der Waals surface area contributed by atoms with E-state index in [-0.39, 0.29) is 36.1 Å². The maximum Gasteiger partial charge on any atom is 0.326 e. The van der Waals surface area contributed by atoms with Gasteiger partial charge in [0, 0.05) is 51.4 Å². The van der Waals surface area contributed by atoms with Gasteiger partial charge in [-0.05, 0) is 62.7 Å². The number of H-pyrrole nitrogens is 1. The highest BCUT2D eigenvalue weighted by Crippen LogP contribution is 2.47. The number of ketones is 1. The number of halogens is 2. The van der Waals surface area contributed by atoms with Crippen molar-refractivity contribution in [1.29, 1.82) is 0 Å². The van der Waals surface area contributed by atoms with E-state index in [0.29, 0.717) is 22.2 Å². The first kappa shape index (κ1) is 33.0. The smallest absolute Gasteiger partial charge is 0.326 e. The molecule has 2 aliphatic rings. The zero-order chi connectivity index (χ0) is 34.3. The lowest BCUT2D eigenvalue weighted by molar-refractivity contribution is -0.136. The minimum Gasteiger partial charge on any atom is -0.487 e. The number of aliphatic carboxylic acids is 1. The van der Waals surface area contributed by atoms with Crippen molar-refractivity contribution < 1.29 is 29.0 Å². The number of piperazine rings is 1. The molecular weight excluding hydrogens is 657 g/mol. The minimum absolute atomic E-state index is 0.139. The zero-order valence-corrected chi connectivity index (χ0v) is 27.9. The van der Waals surface area contributed by atoms with Gasteiger partial charge in [0.2, 0.25) is 5.91 Å². The highest BCUT2D eigenvalue weighted by atomic mass is 35.5. The second kappa shape index (κ2) is 13.0. The van der Waals surface area contributed by atoms with Gasteiger partial charge in [0.05, 0.1) is 11.6 Å². The van der Waals surface area contributed by atoms with Gasteiger partial charge >= 0.3 is 12.0 Å². The van der Waals surface area contributed by atoms with Crippen LogP contribution in [0.3, 0.4) is 0 Å². The Balaban J connectivity index is 1.58. The molecule has 0 bridgehead atoms. The second-order valence-corrected chi connectivity index (χ2v) is 13.5. The summed E-state index contributed by atoms with van der Waals surface area (Å²) in [6.45, 7) is 5.95. The molecule has 0 unspecified atom stereocenters. The lowest BCUT2D eigenvalue weighted by Crippen LogP contribution is -2.55. The summed E-state index contributed by atoms with van der Waals surface area (Å²) in [5.74, 6) is -1.62. The van der Waals surface area contributed by atoms with E-state index in [0.717, 1.165) is 22.0 Å². The predicted octanol–water partition coefficient (Wildman–Crippen LogP) is 6.41. The number of nitrogens with zero attached hydrogens (tertiary/aromatic N) is 3. The van der Waals surface area contributed by atoms with E-state index in [1.54, 1.807) is 29.2 Å². The van der Waals surface area contributed by atoms with E-state index >= 15 is 0 Å². The van der Waals surface area contributed by atoms with Gasteiger partial charge in [-0.2, -0.15) is 0 Å². The van der Waals surface area contributed by atoms with Gasteiger partial charge in [-0.25, -0.2) is 4.79 Å². The quantitative estimate of drug-likeness (QED) is 0.151. The first-order chi connectivity index (χ1) is 22.8. The number of urea groups is 1. The van der Waals surface area contributed by atoms with Crippen LogP contribution in [-0.2, 0) is 9.59 Å². The van der Waals surface area contributed by atoms with Crippen LogP contribution in [0.25, 0.3) is 10.9 Å². The Labute approximate surface area is 286 Å². The number of Topliss-reactive ketones (excluding diaryl/α,β-unsaturated/α-hetero) is 1. The van der Waals surface area contributed by atoms with E-state index in [1.165, 1.54) is 17.0 Å². The molecule has 2 aliphatic heterocycles. The minimum atomic E-state index is -1.25. The van der Waals surface area contributed by atoms with Gasteiger partial charge in [-0.15, -0.1) is 0 Å². The molecule has 0 radical (unpaired) electrons. The van der Waals surface area contributed by atoms with E-state index in [1.807, 2.05) is 51.2 Å². The standard InChI is InChI=1S/C35H33Cl2N5O6/c1-35(2,3)48-28-14-20(27(43)16-30(45)46)6-10-24(28)33-40-31(25-17-39-26-15-22(37)9-11-23(25)26)32(19-4-7-21(36)8-5-19)42(33)34(47)41-13-12-38-29(44)18-41/h4-11,14-15,17,31-32,39H,12-13,16,18H2,1-3H3,(H,38,44)(H,45,46)/t31-,32+/m0/s1. The lowest BCUT2D eigenvalue weighted by atomic mass is 9.93. The highest BCUT2D eigenvalue weighted by Gasteiger charge is 2.46. The van der Waals surface area contributed by atoms with E-state index < -0.39 is 41.9 Å². The number of carboxylic acid groups (broad SMARTS) is 1. The van der Waals surface area contributed by atoms with Crippen molar-refractivity contribution in [1.82, 2.24) is 20.1 Å². The summed E-state index contributed by atoms with van der Waals surface area (Å²) >= 11 is 12.6. The summed E-state index contributed by atoms with van der Waals surface area (Å²) < 4.78 is 6.36. The molecule has 3 aromatic carbocycles. The number of nitrogens with one attached hydrogen (secondary N) is 2. The summed E-state index contributed by atoms with van der Waals surface area (Å²) in [6, 6.07) is 15.5. The van der Waals surface area contributed by atoms with E-state index in [4.69, 9.17) is 32.9 Å². The van der Waals surface area contributed by atoms with E-state index in [9.17, 15) is 24.3 Å². The van der Waals surface area contributed by atoms with Crippen LogP contribution in [-0.4, -0.2) is 74.7 Å². The molecule has 248 valence electrons. The summed E-state index contributed by atoms with van der Waals surface area (Å²) in [7, 11) is 0. The zero-order valence-electron chi connectivity index (χ0n) is 26.4. The fourth-order valence-corrected chi connectivity index (χ4v) is 6.33. The Morgan fingerprint density at radius 1 is 1.02 bits per heavy atom. The molecular formula is C35H33Cl2N5O6. The van der Waals surface area contributed by atoms with Crippen molar-refractivity contribution in [2.45, 2.75) is 44.9 Å². The van der Waals surface area contributed by atoms with Crippen LogP contribution in [0.1, 0.15) is 66.3 Å². The molecule has 13 heteroatoms. The van der Waals surface area contributed by atoms with Gasteiger partial charge < -0.3 is 25.0 Å². The molecule has 0 aliphatic carbocycles. The number of amides is 3. The van der Waals surface area contributed by atoms with Crippen LogP contribution in [0, 0.1) is 0 Å². The first-order valence-corrected chi connectivity index (χ1v) is 16.1. The van der Waals surface area contributed by atoms with Gasteiger partial charge in [-0.1, -0.05) is 47.5 Å². The third-order valence-electron chi connectivity index (χ3n) is 8.06. The van der Waals surface area contributed by atoms with Crippen molar-refractivity contribution in [2.24, 2.45) is 4.99 Å². The SMILES string of the molecule is CC(C)(C)Oc1cc(C(=O)CC(=O)O)ccc1C1=N[C@@H](c2c[nH]c3cc(Cl)ccc23)[C@@H](c2ccc(Cl)cc2)N1C(=O)N1CCNC(=O)C1. The number of aromatic nitrogens is 1. The normalized spacial score (nSPS) is 18.1. The number of carboxylic acids is 1. The Bertz CT molecular complexity index is 1970. The Hall–Kier alpha value is -4.87. The summed E-state index contributed by atoms with van der Waals surface area (Å²) in [5.41, 5.74) is 2.15. The molecule has 0 spiro atoms. The van der Waals surface area contributed by atoms with Gasteiger partial charge in [0.25, 0.3) is 0 Å². The maximum atomic E-state index is 14.7. The number of hydrogen-bond acceptors (Lipinski definition) is 6. The van der Waals surface area contributed by atoms with E-state index in [2.05, 4.69) is 10.3 Å². The number of amidine groups is 1. The summed E-state index contributed by atoms with van der Waals surface area (Å²) in [5, 5.41) is 14.0. The number of benzene rings is 3. The number of carbonyl (C=O) groups is 4. The van der Waals surface area contributed by atoms with Crippen molar-refractivity contribution in [3.63, 3.8) is 0 Å². The number of aromatic amines is 1. The molecule has 4 aromatic rings. The number of rotatable bonds is 7. The third-order valence-corrected chi connectivity index (χ3v) is 8.55. The number of aliphatic imine (C=N–C) groups is 1. The molecule has 0 saturated carbocycles. The molecule has 6 rings (SSSR count). The van der Waals surface area contributed by atoms with Crippen LogP contribution in [0.15, 0.2) is 71.9 Å². The molecule has 3 N–H and O–H groups in total. The summed E-state index contributed by atoms with van der Waals surface area (Å²) in [6.07, 6.45) is 1.15. The Kier molecular flexibility index (Phi) is 8.93. The Morgan fingerprint density at radius 2 is 1.75 bits per heavy atom. The molecule has 1 saturated heterocycles. The van der Waals surface area contributed by atoms with Gasteiger partial charge in [0.15, 0.2) is 5.78 Å². The molecule has 48 heavy (non-hydrogen) atoms. The molecule has 3 amide bonds. The third kappa shape index (κ3) is 6.74. The number of ether oxygens (including phenoxy) is 1. The van der Waals surface area contributed by atoms with Crippen LogP contribution >= 0.6 is 23.2 Å².